The Hall–Kier alpha value is -1.27. The van der Waals surface area contributed by atoms with Gasteiger partial charge in [0.1, 0.15) is 4.99 Å². The molecule has 0 aromatic carbocycles. The van der Waals surface area contributed by atoms with Gasteiger partial charge in [0.2, 0.25) is 0 Å². The number of aromatic nitrogens is 2. The molecule has 1 aromatic rings. The molecule has 6 heteroatoms. The van der Waals surface area contributed by atoms with Gasteiger partial charge in [-0.05, 0) is 46.3 Å². The van der Waals surface area contributed by atoms with Crippen LogP contribution in [0.1, 0.15) is 32.3 Å². The second kappa shape index (κ2) is 8.01. The number of nitrogens with zero attached hydrogens (tertiary/aromatic N) is 3. The number of unbranched alkanes of at least 4 members (excludes halogenated alkanes) is 1. The molecule has 0 aliphatic rings. The lowest BCUT2D eigenvalue weighted by atomic mass is 10.2. The molecule has 3 N–H and O–H groups in total. The van der Waals surface area contributed by atoms with Crippen molar-refractivity contribution in [3.8, 4) is 0 Å². The quantitative estimate of drug-likeness (QED) is 0.558. The van der Waals surface area contributed by atoms with Crippen molar-refractivity contribution in [3.63, 3.8) is 0 Å². The molecule has 0 spiro atoms. The van der Waals surface area contributed by atoms with Crippen molar-refractivity contribution in [2.24, 2.45) is 5.73 Å². The Labute approximate surface area is 120 Å². The maximum Gasteiger partial charge on any atom is 0.158 e. The van der Waals surface area contributed by atoms with Crippen LogP contribution in [0.3, 0.4) is 0 Å². The van der Waals surface area contributed by atoms with Gasteiger partial charge in [0.15, 0.2) is 5.82 Å². The van der Waals surface area contributed by atoms with Crippen LogP contribution in [0.15, 0.2) is 12.3 Å². The Morgan fingerprint density at radius 2 is 2.21 bits per heavy atom. The van der Waals surface area contributed by atoms with Crippen molar-refractivity contribution in [2.75, 3.05) is 25.5 Å². The van der Waals surface area contributed by atoms with Crippen molar-refractivity contribution in [1.29, 1.82) is 0 Å². The van der Waals surface area contributed by atoms with Crippen LogP contribution in [0, 0.1) is 0 Å². The van der Waals surface area contributed by atoms with Crippen molar-refractivity contribution >= 4 is 23.0 Å². The van der Waals surface area contributed by atoms with Crippen LogP contribution in [0.25, 0.3) is 0 Å². The molecule has 0 aliphatic carbocycles. The smallest absolute Gasteiger partial charge is 0.158 e. The van der Waals surface area contributed by atoms with Gasteiger partial charge in [0.25, 0.3) is 0 Å². The summed E-state index contributed by atoms with van der Waals surface area (Å²) < 4.78 is 0. The van der Waals surface area contributed by atoms with E-state index >= 15 is 0 Å². The molecule has 1 heterocycles. The maximum absolute atomic E-state index is 5.63. The largest absolute Gasteiger partial charge is 0.389 e. The van der Waals surface area contributed by atoms with Crippen LogP contribution in [0.4, 0.5) is 5.82 Å². The van der Waals surface area contributed by atoms with Gasteiger partial charge in [0, 0.05) is 12.6 Å². The molecule has 0 radical (unpaired) electrons. The second-order valence-corrected chi connectivity index (χ2v) is 5.31. The standard InChI is InChI=1S/C13H23N5S/c1-10(2)18(3)9-5-4-7-15-13-11(12(14)19)6-8-16-17-13/h6,8,10H,4-5,7,9H2,1-3H3,(H2,14,19)(H,15,17). The van der Waals surface area contributed by atoms with Crippen molar-refractivity contribution in [2.45, 2.75) is 32.7 Å². The Kier molecular flexibility index (Phi) is 6.66. The summed E-state index contributed by atoms with van der Waals surface area (Å²) in [6.07, 6.45) is 3.81. The number of thiocarbonyl (C=S) groups is 1. The molecule has 5 nitrogen and oxygen atoms in total. The molecular formula is C13H23N5S. The molecular weight excluding hydrogens is 258 g/mol. The van der Waals surface area contributed by atoms with Crippen molar-refractivity contribution < 1.29 is 0 Å². The monoisotopic (exact) mass is 281 g/mol. The van der Waals surface area contributed by atoms with E-state index in [1.807, 2.05) is 0 Å². The predicted molar refractivity (Wildman–Crippen MR) is 83.4 cm³/mol. The number of nitrogens with two attached hydrogens (primary N) is 1. The summed E-state index contributed by atoms with van der Waals surface area (Å²) in [5, 5.41) is 11.1. The predicted octanol–water partition coefficient (Wildman–Crippen LogP) is 1.64. The Balaban J connectivity index is 2.32. The van der Waals surface area contributed by atoms with Gasteiger partial charge in [-0.15, -0.1) is 5.10 Å². The van der Waals surface area contributed by atoms with Crippen LogP contribution in [0.2, 0.25) is 0 Å². The summed E-state index contributed by atoms with van der Waals surface area (Å²) in [6, 6.07) is 2.37. The summed E-state index contributed by atoms with van der Waals surface area (Å²) in [7, 11) is 2.14. The van der Waals surface area contributed by atoms with Crippen molar-refractivity contribution in [1.82, 2.24) is 15.1 Å². The van der Waals surface area contributed by atoms with Gasteiger partial charge >= 0.3 is 0 Å². The van der Waals surface area contributed by atoms with E-state index in [1.54, 1.807) is 12.3 Å². The molecule has 1 rings (SSSR count). The van der Waals surface area contributed by atoms with Crippen LogP contribution in [-0.4, -0.2) is 46.3 Å². The third-order valence-corrected chi connectivity index (χ3v) is 3.32. The molecule has 0 amide bonds. The van der Waals surface area contributed by atoms with E-state index in [0.29, 0.717) is 16.8 Å². The summed E-state index contributed by atoms with van der Waals surface area (Å²) >= 11 is 4.98. The molecule has 0 unspecified atom stereocenters. The van der Waals surface area contributed by atoms with Crippen LogP contribution in [-0.2, 0) is 0 Å². The van der Waals surface area contributed by atoms with Gasteiger partial charge in [-0.2, -0.15) is 5.10 Å². The minimum absolute atomic E-state index is 0.344. The van der Waals surface area contributed by atoms with Crippen LogP contribution < -0.4 is 11.1 Å². The highest BCUT2D eigenvalue weighted by Crippen LogP contribution is 2.10. The number of rotatable bonds is 8. The molecule has 106 valence electrons. The lowest BCUT2D eigenvalue weighted by Crippen LogP contribution is -2.27. The minimum atomic E-state index is 0.344. The zero-order valence-corrected chi connectivity index (χ0v) is 12.7. The molecule has 0 fully saturated rings. The fourth-order valence-electron chi connectivity index (χ4n) is 1.61. The SMILES string of the molecule is CC(C)N(C)CCCCNc1nnccc1C(N)=S. The van der Waals surface area contributed by atoms with Gasteiger partial charge in [-0.1, -0.05) is 12.2 Å². The first kappa shape index (κ1) is 15.8. The van der Waals surface area contributed by atoms with E-state index in [2.05, 4.69) is 41.3 Å². The average molecular weight is 281 g/mol. The Bertz CT molecular complexity index is 408. The molecule has 1 aromatic heterocycles. The summed E-state index contributed by atoms with van der Waals surface area (Å²) in [5.74, 6) is 0.673. The van der Waals surface area contributed by atoms with Gasteiger partial charge in [-0.3, -0.25) is 0 Å². The van der Waals surface area contributed by atoms with Crippen LogP contribution >= 0.6 is 12.2 Å². The van der Waals surface area contributed by atoms with E-state index in [0.717, 1.165) is 31.5 Å². The Morgan fingerprint density at radius 1 is 1.47 bits per heavy atom. The Morgan fingerprint density at radius 3 is 2.84 bits per heavy atom. The number of anilines is 1. The van der Waals surface area contributed by atoms with Gasteiger partial charge < -0.3 is 16.0 Å². The van der Waals surface area contributed by atoms with Gasteiger partial charge in [0.05, 0.1) is 11.8 Å². The molecule has 0 bridgehead atoms. The third-order valence-electron chi connectivity index (χ3n) is 3.10. The fraction of sp³-hybridized carbons (Fsp3) is 0.615. The van der Waals surface area contributed by atoms with Crippen molar-refractivity contribution in [3.05, 3.63) is 17.8 Å². The second-order valence-electron chi connectivity index (χ2n) is 4.87. The first-order chi connectivity index (χ1) is 9.02. The first-order valence-electron chi connectivity index (χ1n) is 6.58. The van der Waals surface area contributed by atoms with E-state index < -0.39 is 0 Å². The lowest BCUT2D eigenvalue weighted by Gasteiger charge is -2.20. The molecule has 0 saturated heterocycles. The highest BCUT2D eigenvalue weighted by atomic mass is 32.1. The van der Waals surface area contributed by atoms with Gasteiger partial charge in [-0.25, -0.2) is 0 Å². The maximum atomic E-state index is 5.63. The molecule has 0 atom stereocenters. The molecule has 19 heavy (non-hydrogen) atoms. The minimum Gasteiger partial charge on any atom is -0.389 e. The van der Waals surface area contributed by atoms with Crippen LogP contribution in [0.5, 0.6) is 0 Å². The lowest BCUT2D eigenvalue weighted by molar-refractivity contribution is 0.269. The molecule has 0 saturated carbocycles. The zero-order chi connectivity index (χ0) is 14.3. The molecule has 0 aliphatic heterocycles. The average Bonchev–Trinajstić information content (AvgIpc) is 2.38. The summed E-state index contributed by atoms with van der Waals surface area (Å²) in [6.45, 7) is 6.35. The topological polar surface area (TPSA) is 67.1 Å². The van der Waals surface area contributed by atoms with E-state index in [1.165, 1.54) is 0 Å². The number of nitrogens with one attached hydrogen (secondary N) is 1. The highest BCUT2D eigenvalue weighted by molar-refractivity contribution is 7.80. The zero-order valence-electron chi connectivity index (χ0n) is 11.9. The van der Waals surface area contributed by atoms with E-state index in [9.17, 15) is 0 Å². The van der Waals surface area contributed by atoms with E-state index in [-0.39, 0.29) is 0 Å². The normalized spacial score (nSPS) is 11.0. The fourth-order valence-corrected chi connectivity index (χ4v) is 1.78. The number of hydrogen-bond donors (Lipinski definition) is 2. The van der Waals surface area contributed by atoms with E-state index in [4.69, 9.17) is 18.0 Å². The highest BCUT2D eigenvalue weighted by Gasteiger charge is 2.06. The summed E-state index contributed by atoms with van der Waals surface area (Å²) in [5.41, 5.74) is 6.39. The number of hydrogen-bond acceptors (Lipinski definition) is 5. The summed E-state index contributed by atoms with van der Waals surface area (Å²) in [4.78, 5) is 2.68. The third kappa shape index (κ3) is 5.48. The first-order valence-corrected chi connectivity index (χ1v) is 6.98.